The Bertz CT molecular complexity index is 490. The van der Waals surface area contributed by atoms with Crippen LogP contribution in [0.3, 0.4) is 0 Å². The van der Waals surface area contributed by atoms with Gasteiger partial charge in [-0.3, -0.25) is 0 Å². The van der Waals surface area contributed by atoms with Crippen LogP contribution in [0.15, 0.2) is 18.2 Å². The van der Waals surface area contributed by atoms with E-state index in [9.17, 15) is 13.2 Å². The van der Waals surface area contributed by atoms with Crippen molar-refractivity contribution >= 4 is 17.3 Å². The van der Waals surface area contributed by atoms with Crippen molar-refractivity contribution in [1.82, 2.24) is 5.32 Å². The van der Waals surface area contributed by atoms with Gasteiger partial charge in [0.25, 0.3) is 0 Å². The van der Waals surface area contributed by atoms with E-state index < -0.39 is 11.7 Å². The van der Waals surface area contributed by atoms with Crippen LogP contribution in [0.2, 0.25) is 5.02 Å². The molecule has 1 aliphatic rings. The summed E-state index contributed by atoms with van der Waals surface area (Å²) in [6.07, 6.45) is -2.56. The molecule has 0 aliphatic carbocycles. The third kappa shape index (κ3) is 3.83. The minimum Gasteiger partial charge on any atom is -0.369 e. The maximum absolute atomic E-state index is 12.9. The van der Waals surface area contributed by atoms with Crippen molar-refractivity contribution < 1.29 is 13.2 Å². The lowest BCUT2D eigenvalue weighted by Gasteiger charge is -2.39. The van der Waals surface area contributed by atoms with Crippen molar-refractivity contribution in [2.45, 2.75) is 44.9 Å². The lowest BCUT2D eigenvalue weighted by molar-refractivity contribution is -0.137. The van der Waals surface area contributed by atoms with Crippen molar-refractivity contribution in [1.29, 1.82) is 0 Å². The van der Waals surface area contributed by atoms with Gasteiger partial charge in [0.1, 0.15) is 0 Å². The number of nitrogens with one attached hydrogen (secondary N) is 1. The van der Waals surface area contributed by atoms with E-state index >= 15 is 0 Å². The summed E-state index contributed by atoms with van der Waals surface area (Å²) in [4.78, 5) is 2.03. The molecule has 0 aromatic heterocycles. The standard InChI is InChI=1S/C15H20ClF3N2/c1-3-20-11-6-7-21(10(2)8-11)12-4-5-14(16)13(9-12)15(17,18)19/h4-5,9-11,20H,3,6-8H2,1-2H3. The molecule has 0 spiro atoms. The van der Waals surface area contributed by atoms with Crippen molar-refractivity contribution in [3.8, 4) is 0 Å². The fraction of sp³-hybridized carbons (Fsp3) is 0.600. The van der Waals surface area contributed by atoms with Crippen LogP contribution < -0.4 is 10.2 Å². The second-order valence-electron chi connectivity index (χ2n) is 5.48. The average Bonchev–Trinajstić information content (AvgIpc) is 2.39. The van der Waals surface area contributed by atoms with Gasteiger partial charge in [0.05, 0.1) is 10.6 Å². The van der Waals surface area contributed by atoms with Crippen LogP contribution in [0.25, 0.3) is 0 Å². The Morgan fingerprint density at radius 1 is 1.38 bits per heavy atom. The van der Waals surface area contributed by atoms with Crippen LogP contribution in [0.1, 0.15) is 32.3 Å². The van der Waals surface area contributed by atoms with Gasteiger partial charge in [-0.1, -0.05) is 18.5 Å². The van der Waals surface area contributed by atoms with Gasteiger partial charge in [0.2, 0.25) is 0 Å². The summed E-state index contributed by atoms with van der Waals surface area (Å²) in [5.41, 5.74) is -0.170. The lowest BCUT2D eigenvalue weighted by atomic mass is 9.97. The Hall–Kier alpha value is -0.940. The minimum atomic E-state index is -4.42. The van der Waals surface area contributed by atoms with E-state index in [1.807, 2.05) is 11.8 Å². The van der Waals surface area contributed by atoms with E-state index in [2.05, 4.69) is 12.2 Å². The Kier molecular flexibility index (Phi) is 5.04. The zero-order valence-electron chi connectivity index (χ0n) is 12.2. The molecule has 1 aromatic carbocycles. The molecule has 1 fully saturated rings. The van der Waals surface area contributed by atoms with E-state index in [0.717, 1.165) is 32.0 Å². The summed E-state index contributed by atoms with van der Waals surface area (Å²) >= 11 is 5.67. The van der Waals surface area contributed by atoms with Gasteiger partial charge in [-0.05, 0) is 44.5 Å². The molecule has 0 radical (unpaired) electrons. The van der Waals surface area contributed by atoms with Gasteiger partial charge < -0.3 is 10.2 Å². The number of rotatable bonds is 3. The molecule has 1 aliphatic heterocycles. The molecular formula is C15H20ClF3N2. The predicted molar refractivity (Wildman–Crippen MR) is 80.0 cm³/mol. The molecule has 2 nitrogen and oxygen atoms in total. The Morgan fingerprint density at radius 2 is 2.10 bits per heavy atom. The van der Waals surface area contributed by atoms with Gasteiger partial charge in [0, 0.05) is 24.3 Å². The number of anilines is 1. The highest BCUT2D eigenvalue weighted by Crippen LogP contribution is 2.38. The molecule has 2 atom stereocenters. The average molecular weight is 321 g/mol. The number of halogens is 4. The fourth-order valence-electron chi connectivity index (χ4n) is 2.94. The first-order valence-electron chi connectivity index (χ1n) is 7.19. The molecule has 6 heteroatoms. The lowest BCUT2D eigenvalue weighted by Crippen LogP contribution is -2.47. The highest BCUT2D eigenvalue weighted by molar-refractivity contribution is 6.31. The number of alkyl halides is 3. The van der Waals surface area contributed by atoms with Gasteiger partial charge in [-0.25, -0.2) is 0 Å². The topological polar surface area (TPSA) is 15.3 Å². The molecule has 1 aromatic rings. The van der Waals surface area contributed by atoms with E-state index in [4.69, 9.17) is 11.6 Å². The monoisotopic (exact) mass is 320 g/mol. The Balaban J connectivity index is 2.19. The highest BCUT2D eigenvalue weighted by Gasteiger charge is 2.34. The van der Waals surface area contributed by atoms with Crippen LogP contribution in [-0.2, 0) is 6.18 Å². The minimum absolute atomic E-state index is 0.199. The Morgan fingerprint density at radius 3 is 2.67 bits per heavy atom. The van der Waals surface area contributed by atoms with E-state index in [0.29, 0.717) is 11.7 Å². The van der Waals surface area contributed by atoms with Crippen LogP contribution >= 0.6 is 11.6 Å². The molecule has 0 bridgehead atoms. The number of piperidine rings is 1. The van der Waals surface area contributed by atoms with E-state index in [1.54, 1.807) is 6.07 Å². The van der Waals surface area contributed by atoms with Gasteiger partial charge in [-0.15, -0.1) is 0 Å². The van der Waals surface area contributed by atoms with Crippen molar-refractivity contribution in [3.05, 3.63) is 28.8 Å². The van der Waals surface area contributed by atoms with E-state index in [-0.39, 0.29) is 11.1 Å². The van der Waals surface area contributed by atoms with Crippen molar-refractivity contribution in [2.75, 3.05) is 18.0 Å². The van der Waals surface area contributed by atoms with Crippen LogP contribution in [0.5, 0.6) is 0 Å². The largest absolute Gasteiger partial charge is 0.417 e. The SMILES string of the molecule is CCNC1CCN(c2ccc(Cl)c(C(F)(F)F)c2)C(C)C1. The van der Waals surface area contributed by atoms with Gasteiger partial charge >= 0.3 is 6.18 Å². The number of hydrogen-bond acceptors (Lipinski definition) is 2. The summed E-state index contributed by atoms with van der Waals surface area (Å²) in [5, 5.41) is 3.16. The first-order valence-corrected chi connectivity index (χ1v) is 7.57. The Labute approximate surface area is 128 Å². The number of nitrogens with zero attached hydrogens (tertiary/aromatic N) is 1. The normalized spacial score (nSPS) is 23.4. The molecule has 1 saturated heterocycles. The first kappa shape index (κ1) is 16.4. The third-order valence-corrected chi connectivity index (χ3v) is 4.29. The second-order valence-corrected chi connectivity index (χ2v) is 5.89. The van der Waals surface area contributed by atoms with Gasteiger partial charge in [-0.2, -0.15) is 13.2 Å². The smallest absolute Gasteiger partial charge is 0.369 e. The summed E-state index contributed by atoms with van der Waals surface area (Å²) in [6, 6.07) is 4.80. The second kappa shape index (κ2) is 6.44. The third-order valence-electron chi connectivity index (χ3n) is 3.96. The summed E-state index contributed by atoms with van der Waals surface area (Å²) in [7, 11) is 0. The maximum Gasteiger partial charge on any atom is 0.417 e. The van der Waals surface area contributed by atoms with Gasteiger partial charge in [0.15, 0.2) is 0 Å². The zero-order valence-corrected chi connectivity index (χ0v) is 12.9. The molecule has 118 valence electrons. The highest BCUT2D eigenvalue weighted by atomic mass is 35.5. The molecule has 1 heterocycles. The van der Waals surface area contributed by atoms with Crippen LogP contribution in [-0.4, -0.2) is 25.2 Å². The molecule has 2 unspecified atom stereocenters. The molecule has 1 N–H and O–H groups in total. The molecule has 21 heavy (non-hydrogen) atoms. The molecule has 2 rings (SSSR count). The van der Waals surface area contributed by atoms with Crippen molar-refractivity contribution in [3.63, 3.8) is 0 Å². The quantitative estimate of drug-likeness (QED) is 0.892. The first-order chi connectivity index (χ1) is 9.82. The summed E-state index contributed by atoms with van der Waals surface area (Å²) < 4.78 is 38.8. The number of hydrogen-bond donors (Lipinski definition) is 1. The van der Waals surface area contributed by atoms with Crippen LogP contribution in [0, 0.1) is 0 Å². The fourth-order valence-corrected chi connectivity index (χ4v) is 3.16. The number of benzene rings is 1. The maximum atomic E-state index is 12.9. The predicted octanol–water partition coefficient (Wildman–Crippen LogP) is 4.33. The zero-order chi connectivity index (χ0) is 15.6. The van der Waals surface area contributed by atoms with Crippen molar-refractivity contribution in [2.24, 2.45) is 0 Å². The summed E-state index contributed by atoms with van der Waals surface area (Å²) in [5.74, 6) is 0. The molecule has 0 saturated carbocycles. The van der Waals surface area contributed by atoms with E-state index in [1.165, 1.54) is 6.07 Å². The molecular weight excluding hydrogens is 301 g/mol. The van der Waals surface area contributed by atoms with Crippen LogP contribution in [0.4, 0.5) is 18.9 Å². The summed E-state index contributed by atoms with van der Waals surface area (Å²) in [6.45, 7) is 5.77. The molecule has 0 amide bonds.